The number of aromatic nitrogens is 3. The highest BCUT2D eigenvalue weighted by Crippen LogP contribution is 2.38. The summed E-state index contributed by atoms with van der Waals surface area (Å²) in [5.41, 5.74) is 3.69. The van der Waals surface area contributed by atoms with Gasteiger partial charge in [0.1, 0.15) is 22.8 Å². The van der Waals surface area contributed by atoms with Crippen LogP contribution in [-0.4, -0.2) is 19.8 Å². The summed E-state index contributed by atoms with van der Waals surface area (Å²) in [5.74, 6) is -0.265. The quantitative estimate of drug-likeness (QED) is 0.310. The molecule has 136 valence electrons. The molecule has 0 radical (unpaired) electrons. The number of thioether (sulfide) groups is 1. The number of hydrogen-bond acceptors (Lipinski definition) is 3. The van der Waals surface area contributed by atoms with Crippen LogP contribution in [0.5, 0.6) is 0 Å². The topological polar surface area (TPSA) is 30.7 Å². The molecule has 0 unspecified atom stereocenters. The Morgan fingerprint density at radius 1 is 1.07 bits per heavy atom. The normalized spacial score (nSPS) is 12.4. The molecule has 0 fully saturated rings. The Bertz CT molecular complexity index is 1080. The maximum atomic E-state index is 13.8. The van der Waals surface area contributed by atoms with Crippen molar-refractivity contribution >= 4 is 22.8 Å². The molecule has 0 amide bonds. The highest BCUT2D eigenvalue weighted by Gasteiger charge is 2.18. The first-order valence-corrected chi connectivity index (χ1v) is 9.89. The average molecular weight is 377 g/mol. The first kappa shape index (κ1) is 17.7. The Morgan fingerprint density at radius 3 is 2.63 bits per heavy atom. The average Bonchev–Trinajstić information content (AvgIpc) is 3.09. The number of halogens is 1. The largest absolute Gasteiger partial charge is 0.300 e. The van der Waals surface area contributed by atoms with Crippen molar-refractivity contribution in [2.75, 3.05) is 0 Å². The second kappa shape index (κ2) is 7.53. The molecule has 2 heterocycles. The maximum Gasteiger partial charge on any atom is 0.149 e. The van der Waals surface area contributed by atoms with E-state index in [9.17, 15) is 4.39 Å². The van der Waals surface area contributed by atoms with E-state index in [2.05, 4.69) is 35.9 Å². The lowest BCUT2D eigenvalue weighted by Crippen LogP contribution is -1.97. The van der Waals surface area contributed by atoms with Crippen LogP contribution in [0.2, 0.25) is 0 Å². The van der Waals surface area contributed by atoms with Gasteiger partial charge in [-0.2, -0.15) is 0 Å². The Hall–Kier alpha value is -2.66. The van der Waals surface area contributed by atoms with Crippen LogP contribution < -0.4 is 0 Å². The van der Waals surface area contributed by atoms with Crippen LogP contribution in [0.25, 0.3) is 27.8 Å². The van der Waals surface area contributed by atoms with Gasteiger partial charge in [0.25, 0.3) is 0 Å². The standard InChI is InChI=1S/C22H20FN3S/c1-3-15(2)27-22-20-19(16-8-5-4-6-9-16)13-26(21(20)24-14-25-22)18-11-7-10-17(23)12-18/h4-15H,3H2,1-2H3/t15-/m1/s1. The van der Waals surface area contributed by atoms with Crippen LogP contribution in [0, 0.1) is 5.82 Å². The molecule has 0 aliphatic carbocycles. The Morgan fingerprint density at radius 2 is 1.89 bits per heavy atom. The van der Waals surface area contributed by atoms with Crippen LogP contribution >= 0.6 is 11.8 Å². The lowest BCUT2D eigenvalue weighted by molar-refractivity contribution is 0.627. The highest BCUT2D eigenvalue weighted by molar-refractivity contribution is 8.00. The van der Waals surface area contributed by atoms with Gasteiger partial charge < -0.3 is 4.57 Å². The molecular weight excluding hydrogens is 357 g/mol. The SMILES string of the molecule is CC[C@@H](C)Sc1ncnc2c1c(-c1ccccc1)cn2-c1cccc(F)c1. The molecule has 0 saturated carbocycles. The third kappa shape index (κ3) is 3.47. The van der Waals surface area contributed by atoms with Gasteiger partial charge >= 0.3 is 0 Å². The van der Waals surface area contributed by atoms with Crippen LogP contribution in [-0.2, 0) is 0 Å². The fraction of sp³-hybridized carbons (Fsp3) is 0.182. The van der Waals surface area contributed by atoms with Crippen LogP contribution in [0.15, 0.2) is 72.1 Å². The van der Waals surface area contributed by atoms with Gasteiger partial charge in [0.2, 0.25) is 0 Å². The summed E-state index contributed by atoms with van der Waals surface area (Å²) < 4.78 is 15.8. The van der Waals surface area contributed by atoms with Crippen molar-refractivity contribution in [3.05, 3.63) is 72.9 Å². The minimum absolute atomic E-state index is 0.265. The molecule has 0 saturated heterocycles. The number of hydrogen-bond donors (Lipinski definition) is 0. The highest BCUT2D eigenvalue weighted by atomic mass is 32.2. The van der Waals surface area contributed by atoms with Gasteiger partial charge in [0, 0.05) is 22.7 Å². The van der Waals surface area contributed by atoms with Gasteiger partial charge in [-0.3, -0.25) is 0 Å². The zero-order chi connectivity index (χ0) is 18.8. The van der Waals surface area contributed by atoms with E-state index in [4.69, 9.17) is 0 Å². The molecule has 0 aliphatic heterocycles. The molecule has 27 heavy (non-hydrogen) atoms. The van der Waals surface area contributed by atoms with Crippen molar-refractivity contribution in [2.24, 2.45) is 0 Å². The summed E-state index contributed by atoms with van der Waals surface area (Å²) in [5, 5.41) is 2.42. The van der Waals surface area contributed by atoms with E-state index in [0.717, 1.165) is 39.3 Å². The van der Waals surface area contributed by atoms with Crippen molar-refractivity contribution in [3.63, 3.8) is 0 Å². The summed E-state index contributed by atoms with van der Waals surface area (Å²) in [6.45, 7) is 4.37. The van der Waals surface area contributed by atoms with Gasteiger partial charge in [-0.05, 0) is 30.2 Å². The van der Waals surface area contributed by atoms with Crippen LogP contribution in [0.3, 0.4) is 0 Å². The molecule has 0 spiro atoms. The fourth-order valence-electron chi connectivity index (χ4n) is 3.06. The van der Waals surface area contributed by atoms with Crippen molar-refractivity contribution in [1.82, 2.24) is 14.5 Å². The van der Waals surface area contributed by atoms with E-state index in [1.807, 2.05) is 35.0 Å². The molecule has 5 heteroatoms. The summed E-state index contributed by atoms with van der Waals surface area (Å²) >= 11 is 1.76. The molecule has 0 N–H and O–H groups in total. The van der Waals surface area contributed by atoms with Crippen molar-refractivity contribution in [1.29, 1.82) is 0 Å². The van der Waals surface area contributed by atoms with Crippen molar-refractivity contribution in [3.8, 4) is 16.8 Å². The minimum Gasteiger partial charge on any atom is -0.300 e. The van der Waals surface area contributed by atoms with E-state index in [0.29, 0.717) is 5.25 Å². The third-order valence-corrected chi connectivity index (χ3v) is 5.88. The van der Waals surface area contributed by atoms with Gasteiger partial charge in [-0.25, -0.2) is 14.4 Å². The molecule has 2 aromatic heterocycles. The minimum atomic E-state index is -0.265. The smallest absolute Gasteiger partial charge is 0.149 e. The van der Waals surface area contributed by atoms with Crippen molar-refractivity contribution < 1.29 is 4.39 Å². The summed E-state index contributed by atoms with van der Waals surface area (Å²) in [7, 11) is 0. The summed E-state index contributed by atoms with van der Waals surface area (Å²) in [6.07, 6.45) is 4.68. The lowest BCUT2D eigenvalue weighted by Gasteiger charge is -2.10. The molecule has 2 aromatic carbocycles. The first-order chi connectivity index (χ1) is 13.2. The van der Waals surface area contributed by atoms with Crippen LogP contribution in [0.4, 0.5) is 4.39 Å². The molecule has 1 atom stereocenters. The number of fused-ring (bicyclic) bond motifs is 1. The molecule has 0 aliphatic rings. The predicted molar refractivity (Wildman–Crippen MR) is 110 cm³/mol. The molecule has 4 rings (SSSR count). The second-order valence-electron chi connectivity index (χ2n) is 6.47. The summed E-state index contributed by atoms with van der Waals surface area (Å²) in [6, 6.07) is 16.8. The van der Waals surface area contributed by atoms with Gasteiger partial charge in [-0.1, -0.05) is 50.2 Å². The monoisotopic (exact) mass is 377 g/mol. The van der Waals surface area contributed by atoms with E-state index in [1.54, 1.807) is 24.2 Å². The number of benzene rings is 2. The maximum absolute atomic E-state index is 13.8. The molecule has 0 bridgehead atoms. The third-order valence-electron chi connectivity index (χ3n) is 4.61. The van der Waals surface area contributed by atoms with Gasteiger partial charge in [0.15, 0.2) is 0 Å². The second-order valence-corrected chi connectivity index (χ2v) is 7.90. The van der Waals surface area contributed by atoms with Gasteiger partial charge in [0.05, 0.1) is 5.39 Å². The number of rotatable bonds is 5. The number of nitrogens with zero attached hydrogens (tertiary/aromatic N) is 3. The molecule has 4 aromatic rings. The summed E-state index contributed by atoms with van der Waals surface area (Å²) in [4.78, 5) is 9.11. The predicted octanol–water partition coefficient (Wildman–Crippen LogP) is 6.12. The first-order valence-electron chi connectivity index (χ1n) is 9.01. The van der Waals surface area contributed by atoms with Crippen LogP contribution in [0.1, 0.15) is 20.3 Å². The van der Waals surface area contributed by atoms with Crippen molar-refractivity contribution in [2.45, 2.75) is 30.5 Å². The van der Waals surface area contributed by atoms with Gasteiger partial charge in [-0.15, -0.1) is 11.8 Å². The molecule has 3 nitrogen and oxygen atoms in total. The Labute approximate surface area is 162 Å². The van der Waals surface area contributed by atoms with E-state index >= 15 is 0 Å². The van der Waals surface area contributed by atoms with E-state index in [-0.39, 0.29) is 5.82 Å². The fourth-order valence-corrected chi connectivity index (χ4v) is 4.03. The molecular formula is C22H20FN3S. The zero-order valence-electron chi connectivity index (χ0n) is 15.3. The van der Waals surface area contributed by atoms with E-state index in [1.165, 1.54) is 12.1 Å². The Balaban J connectivity index is 2.00. The lowest BCUT2D eigenvalue weighted by atomic mass is 10.1. The Kier molecular flexibility index (Phi) is 4.94. The van der Waals surface area contributed by atoms with E-state index < -0.39 is 0 Å². The zero-order valence-corrected chi connectivity index (χ0v) is 16.1.